The maximum atomic E-state index is 5.71. The summed E-state index contributed by atoms with van der Waals surface area (Å²) in [7, 11) is 0. The van der Waals surface area contributed by atoms with Gasteiger partial charge in [-0.15, -0.1) is 0 Å². The van der Waals surface area contributed by atoms with E-state index in [4.69, 9.17) is 11.1 Å². The number of fused-ring (bicyclic) bond motifs is 1. The summed E-state index contributed by atoms with van der Waals surface area (Å²) in [5.74, 6) is 0.973. The summed E-state index contributed by atoms with van der Waals surface area (Å²) in [6.45, 7) is 7.01. The van der Waals surface area contributed by atoms with Gasteiger partial charge in [0.2, 0.25) is 0 Å². The van der Waals surface area contributed by atoms with Gasteiger partial charge in [-0.2, -0.15) is 0 Å². The Morgan fingerprint density at radius 3 is 2.66 bits per heavy atom. The van der Waals surface area contributed by atoms with E-state index < -0.39 is 0 Å². The highest BCUT2D eigenvalue weighted by Gasteiger charge is 2.20. The van der Waals surface area contributed by atoms with Crippen LogP contribution in [0.5, 0.6) is 0 Å². The number of rotatable bonds is 5. The molecule has 0 saturated carbocycles. The van der Waals surface area contributed by atoms with Crippen molar-refractivity contribution in [3.8, 4) is 0 Å². The topological polar surface area (TPSA) is 83.9 Å². The van der Waals surface area contributed by atoms with Crippen LogP contribution in [0.25, 0.3) is 16.5 Å². The average Bonchev–Trinajstić information content (AvgIpc) is 2.75. The third kappa shape index (κ3) is 4.12. The van der Waals surface area contributed by atoms with E-state index in [1.54, 1.807) is 6.33 Å². The van der Waals surface area contributed by atoms with Gasteiger partial charge >= 0.3 is 0 Å². The zero-order valence-electron chi connectivity index (χ0n) is 16.8. The number of allylic oxidation sites excluding steroid dienone is 1. The van der Waals surface area contributed by atoms with Gasteiger partial charge in [0.1, 0.15) is 12.1 Å². The first kappa shape index (κ1) is 19.1. The summed E-state index contributed by atoms with van der Waals surface area (Å²) in [5.41, 5.74) is 11.1. The molecule has 1 saturated heterocycles. The number of benzene rings is 2. The molecular formula is C23H27N6+. The standard InChI is InChI=1S/C23H26N6/c1-17-3-2-4-18(11-17)15-28-7-9-29(10-8-28)23-21-12-19(20(13-24)14-25)5-6-22(21)26-16-27-23/h2-6,11-14,16,24H,7-10,15,25H2,1H3/p+1. The van der Waals surface area contributed by atoms with Gasteiger partial charge in [-0.3, -0.25) is 10.3 Å². The Kier molecular flexibility index (Phi) is 5.53. The van der Waals surface area contributed by atoms with E-state index in [9.17, 15) is 0 Å². The SMILES string of the molecule is Cc1cccc(CN2CCN(c3ncnc4ccc(C(C=[NH2+])=CN)cc34)CC2)c1. The lowest BCUT2D eigenvalue weighted by atomic mass is 10.0. The molecule has 0 radical (unpaired) electrons. The molecule has 1 aliphatic heterocycles. The summed E-state index contributed by atoms with van der Waals surface area (Å²) in [5, 5.41) is 6.73. The van der Waals surface area contributed by atoms with Gasteiger partial charge in [0, 0.05) is 44.3 Å². The number of nitrogens with zero attached hydrogens (tertiary/aromatic N) is 4. The van der Waals surface area contributed by atoms with Crippen LogP contribution in [0.15, 0.2) is 55.0 Å². The van der Waals surface area contributed by atoms with Crippen LogP contribution in [0, 0.1) is 6.92 Å². The smallest absolute Gasteiger partial charge is 0.169 e. The quantitative estimate of drug-likeness (QED) is 0.647. The third-order valence-corrected chi connectivity index (χ3v) is 5.47. The van der Waals surface area contributed by atoms with Crippen LogP contribution in [0.3, 0.4) is 0 Å². The lowest BCUT2D eigenvalue weighted by Gasteiger charge is -2.35. The first-order chi connectivity index (χ1) is 14.2. The number of piperazine rings is 1. The van der Waals surface area contributed by atoms with E-state index in [1.165, 1.54) is 23.5 Å². The molecule has 1 aliphatic rings. The first-order valence-corrected chi connectivity index (χ1v) is 9.93. The fraction of sp³-hybridized carbons (Fsp3) is 0.261. The Balaban J connectivity index is 1.53. The van der Waals surface area contributed by atoms with Crippen molar-refractivity contribution in [2.75, 3.05) is 31.1 Å². The van der Waals surface area contributed by atoms with E-state index in [-0.39, 0.29) is 0 Å². The lowest BCUT2D eigenvalue weighted by Crippen LogP contribution is -2.46. The number of anilines is 1. The highest BCUT2D eigenvalue weighted by molar-refractivity contribution is 6.08. The number of aromatic nitrogens is 2. The predicted octanol–water partition coefficient (Wildman–Crippen LogP) is 1.39. The summed E-state index contributed by atoms with van der Waals surface area (Å²) in [4.78, 5) is 13.9. The van der Waals surface area contributed by atoms with Crippen molar-refractivity contribution in [3.63, 3.8) is 0 Å². The molecule has 29 heavy (non-hydrogen) atoms. The molecule has 0 amide bonds. The summed E-state index contributed by atoms with van der Waals surface area (Å²) in [6.07, 6.45) is 4.69. The van der Waals surface area contributed by atoms with Crippen LogP contribution in [0.2, 0.25) is 0 Å². The Hall–Kier alpha value is -3.25. The molecule has 0 aliphatic carbocycles. The van der Waals surface area contributed by atoms with Crippen LogP contribution < -0.4 is 16.0 Å². The summed E-state index contributed by atoms with van der Waals surface area (Å²) in [6, 6.07) is 14.8. The highest BCUT2D eigenvalue weighted by atomic mass is 15.3. The maximum Gasteiger partial charge on any atom is 0.169 e. The van der Waals surface area contributed by atoms with Gasteiger partial charge in [0.25, 0.3) is 0 Å². The van der Waals surface area contributed by atoms with E-state index >= 15 is 0 Å². The molecule has 6 heteroatoms. The van der Waals surface area contributed by atoms with Gasteiger partial charge < -0.3 is 10.6 Å². The molecule has 4 N–H and O–H groups in total. The molecule has 0 bridgehead atoms. The molecule has 3 aromatic rings. The normalized spacial score (nSPS) is 15.6. The second-order valence-electron chi connectivity index (χ2n) is 7.47. The molecule has 148 valence electrons. The minimum absolute atomic E-state index is 0.796. The van der Waals surface area contributed by atoms with Crippen molar-refractivity contribution < 1.29 is 5.41 Å². The Morgan fingerprint density at radius 1 is 1.10 bits per heavy atom. The fourth-order valence-electron chi connectivity index (χ4n) is 3.91. The van der Waals surface area contributed by atoms with E-state index in [0.29, 0.717) is 0 Å². The Labute approximate surface area is 171 Å². The second kappa shape index (κ2) is 8.41. The molecule has 6 nitrogen and oxygen atoms in total. The van der Waals surface area contributed by atoms with Crippen LogP contribution in [-0.4, -0.2) is 47.3 Å². The second-order valence-corrected chi connectivity index (χ2v) is 7.47. The van der Waals surface area contributed by atoms with Gasteiger partial charge in [-0.05, 0) is 30.2 Å². The van der Waals surface area contributed by atoms with Crippen molar-refractivity contribution in [2.45, 2.75) is 13.5 Å². The molecular weight excluding hydrogens is 360 g/mol. The van der Waals surface area contributed by atoms with Crippen molar-refractivity contribution in [2.24, 2.45) is 5.73 Å². The zero-order valence-corrected chi connectivity index (χ0v) is 16.8. The first-order valence-electron chi connectivity index (χ1n) is 9.93. The molecule has 2 heterocycles. The molecule has 0 spiro atoms. The van der Waals surface area contributed by atoms with E-state index in [1.807, 2.05) is 12.1 Å². The van der Waals surface area contributed by atoms with Gasteiger partial charge in [0.05, 0.1) is 11.1 Å². The van der Waals surface area contributed by atoms with Gasteiger partial charge in [0.15, 0.2) is 6.21 Å². The molecule has 1 aromatic heterocycles. The van der Waals surface area contributed by atoms with Crippen molar-refractivity contribution in [3.05, 3.63) is 71.7 Å². The van der Waals surface area contributed by atoms with E-state index in [2.05, 4.69) is 57.0 Å². The maximum absolute atomic E-state index is 5.71. The number of hydrogen-bond acceptors (Lipinski definition) is 5. The molecule has 1 fully saturated rings. The number of nitrogens with two attached hydrogens (primary N) is 2. The van der Waals surface area contributed by atoms with E-state index in [0.717, 1.165) is 60.6 Å². The van der Waals surface area contributed by atoms with Crippen LogP contribution in [-0.2, 0) is 6.54 Å². The fourth-order valence-corrected chi connectivity index (χ4v) is 3.91. The van der Waals surface area contributed by atoms with Crippen molar-refractivity contribution >= 4 is 28.5 Å². The van der Waals surface area contributed by atoms with Gasteiger partial charge in [-0.1, -0.05) is 35.9 Å². The Morgan fingerprint density at radius 2 is 1.93 bits per heavy atom. The average molecular weight is 388 g/mol. The highest BCUT2D eigenvalue weighted by Crippen LogP contribution is 2.27. The minimum atomic E-state index is 0.796. The molecule has 0 atom stereocenters. The molecule has 4 rings (SSSR count). The largest absolute Gasteiger partial charge is 0.404 e. The van der Waals surface area contributed by atoms with Crippen molar-refractivity contribution in [1.82, 2.24) is 14.9 Å². The minimum Gasteiger partial charge on any atom is -0.404 e. The van der Waals surface area contributed by atoms with Crippen LogP contribution in [0.4, 0.5) is 5.82 Å². The number of hydrogen-bond donors (Lipinski definition) is 2. The Bertz CT molecular complexity index is 1050. The summed E-state index contributed by atoms with van der Waals surface area (Å²) >= 11 is 0. The zero-order chi connectivity index (χ0) is 20.2. The lowest BCUT2D eigenvalue weighted by molar-refractivity contribution is -0.103. The van der Waals surface area contributed by atoms with Gasteiger partial charge in [-0.25, -0.2) is 9.97 Å². The summed E-state index contributed by atoms with van der Waals surface area (Å²) < 4.78 is 0. The molecule has 2 aromatic carbocycles. The number of aryl methyl sites for hydroxylation is 1. The van der Waals surface area contributed by atoms with Crippen LogP contribution >= 0.6 is 0 Å². The predicted molar refractivity (Wildman–Crippen MR) is 118 cm³/mol. The van der Waals surface area contributed by atoms with Crippen molar-refractivity contribution in [1.29, 1.82) is 0 Å². The van der Waals surface area contributed by atoms with Crippen LogP contribution in [0.1, 0.15) is 16.7 Å². The third-order valence-electron chi connectivity index (χ3n) is 5.47. The molecule has 0 unspecified atom stereocenters. The monoisotopic (exact) mass is 387 g/mol.